The maximum atomic E-state index is 13.4. The molecule has 4 atom stereocenters. The van der Waals surface area contributed by atoms with Gasteiger partial charge < -0.3 is 0 Å². The Morgan fingerprint density at radius 1 is 0.885 bits per heavy atom. The van der Waals surface area contributed by atoms with Gasteiger partial charge in [-0.15, -0.1) is 0 Å². The lowest BCUT2D eigenvalue weighted by Gasteiger charge is -2.52. The number of benzene rings is 2. The van der Waals surface area contributed by atoms with Crippen molar-refractivity contribution in [2.45, 2.75) is 26.2 Å². The van der Waals surface area contributed by atoms with E-state index in [9.17, 15) is 14.4 Å². The number of hydrogen-bond donors (Lipinski definition) is 0. The molecule has 0 amide bonds. The van der Waals surface area contributed by atoms with E-state index in [0.29, 0.717) is 24.0 Å². The van der Waals surface area contributed by atoms with Crippen molar-refractivity contribution in [3.63, 3.8) is 0 Å². The fraction of sp³-hybridized carbons (Fsp3) is 0.348. The van der Waals surface area contributed by atoms with Gasteiger partial charge >= 0.3 is 0 Å². The molecule has 0 aliphatic heterocycles. The molecule has 0 unspecified atom stereocenters. The van der Waals surface area contributed by atoms with Gasteiger partial charge in [0.2, 0.25) is 0 Å². The molecule has 132 valence electrons. The van der Waals surface area contributed by atoms with Gasteiger partial charge in [0.15, 0.2) is 11.6 Å². The first-order valence-corrected chi connectivity index (χ1v) is 9.22. The summed E-state index contributed by atoms with van der Waals surface area (Å²) in [5.41, 5.74) is 0.783. The maximum Gasteiger partial charge on any atom is 0.167 e. The number of carbonyl (C=O) groups is 3. The monoisotopic (exact) mass is 346 g/mol. The molecule has 3 aliphatic carbocycles. The Morgan fingerprint density at radius 3 is 1.96 bits per heavy atom. The molecule has 2 aromatic carbocycles. The molecule has 2 bridgehead atoms. The second-order valence-corrected chi connectivity index (χ2v) is 7.91. The lowest BCUT2D eigenvalue weighted by molar-refractivity contribution is -0.139. The van der Waals surface area contributed by atoms with Crippen LogP contribution < -0.4 is 0 Å². The number of ketones is 3. The molecule has 3 nitrogen and oxygen atoms in total. The minimum Gasteiger partial charge on any atom is -0.299 e. The first-order chi connectivity index (χ1) is 12.5. The highest BCUT2D eigenvalue weighted by molar-refractivity contribution is 6.08. The highest BCUT2D eigenvalue weighted by Gasteiger charge is 2.59. The van der Waals surface area contributed by atoms with Gasteiger partial charge in [-0.25, -0.2) is 0 Å². The third-order valence-corrected chi connectivity index (χ3v) is 6.26. The van der Waals surface area contributed by atoms with Gasteiger partial charge in [0.1, 0.15) is 5.78 Å². The summed E-state index contributed by atoms with van der Waals surface area (Å²) in [6.45, 7) is 2.01. The van der Waals surface area contributed by atoms with Crippen molar-refractivity contribution >= 4 is 17.3 Å². The molecule has 0 heterocycles. The molecular weight excluding hydrogens is 324 g/mol. The van der Waals surface area contributed by atoms with Crippen LogP contribution in [0.5, 0.6) is 0 Å². The summed E-state index contributed by atoms with van der Waals surface area (Å²) >= 11 is 0. The van der Waals surface area contributed by atoms with Crippen molar-refractivity contribution in [1.29, 1.82) is 0 Å². The van der Waals surface area contributed by atoms with Crippen LogP contribution in [0.25, 0.3) is 0 Å². The van der Waals surface area contributed by atoms with Gasteiger partial charge in [0, 0.05) is 35.3 Å². The highest BCUT2D eigenvalue weighted by Crippen LogP contribution is 2.56. The van der Waals surface area contributed by atoms with Crippen molar-refractivity contribution in [2.24, 2.45) is 23.2 Å². The average molecular weight is 346 g/mol. The van der Waals surface area contributed by atoms with Gasteiger partial charge in [-0.05, 0) is 18.3 Å². The molecular formula is C23H22O3. The van der Waals surface area contributed by atoms with Crippen molar-refractivity contribution in [2.75, 3.05) is 0 Å². The predicted octanol–water partition coefficient (Wildman–Crippen LogP) is 4.37. The van der Waals surface area contributed by atoms with E-state index in [0.717, 1.165) is 6.42 Å². The lowest BCUT2D eigenvalue weighted by Crippen LogP contribution is -2.56. The number of rotatable bonds is 4. The standard InChI is InChI=1S/C23H22O3/c1-23-13-12-17(18(24)14-23)19(21(25)15-8-4-2-5-9-15)20(23)22(26)16-10-6-3-7-11-16/h2-11,17,19-20H,12-14H2,1H3/t17-,19+,20+,23+/m0/s1. The fourth-order valence-corrected chi connectivity index (χ4v) is 4.97. The first kappa shape index (κ1) is 16.9. The Labute approximate surface area is 153 Å². The van der Waals surface area contributed by atoms with Gasteiger partial charge in [0.25, 0.3) is 0 Å². The van der Waals surface area contributed by atoms with Crippen LogP contribution in [0.2, 0.25) is 0 Å². The highest BCUT2D eigenvalue weighted by atomic mass is 16.1. The Balaban J connectivity index is 1.79. The number of fused-ring (bicyclic) bond motifs is 3. The van der Waals surface area contributed by atoms with Crippen LogP contribution >= 0.6 is 0 Å². The van der Waals surface area contributed by atoms with E-state index >= 15 is 0 Å². The van der Waals surface area contributed by atoms with Crippen molar-refractivity contribution in [1.82, 2.24) is 0 Å². The summed E-state index contributed by atoms with van der Waals surface area (Å²) in [5.74, 6) is -1.24. The van der Waals surface area contributed by atoms with Crippen LogP contribution in [-0.4, -0.2) is 17.3 Å². The number of carbonyl (C=O) groups excluding carboxylic acids is 3. The molecule has 0 N–H and O–H groups in total. The Bertz CT molecular complexity index is 856. The summed E-state index contributed by atoms with van der Waals surface area (Å²) in [5, 5.41) is 0. The summed E-state index contributed by atoms with van der Waals surface area (Å²) < 4.78 is 0. The zero-order chi connectivity index (χ0) is 18.3. The maximum absolute atomic E-state index is 13.4. The molecule has 3 fully saturated rings. The van der Waals surface area contributed by atoms with Crippen molar-refractivity contribution in [3.8, 4) is 0 Å². The quantitative estimate of drug-likeness (QED) is 0.772. The van der Waals surface area contributed by atoms with Crippen LogP contribution in [0, 0.1) is 23.2 Å². The normalized spacial score (nSPS) is 30.2. The minimum absolute atomic E-state index is 0.000388. The molecule has 0 saturated heterocycles. The van der Waals surface area contributed by atoms with E-state index in [4.69, 9.17) is 0 Å². The SMILES string of the molecule is C[C@@]12CC[C@@H](C(=O)C1)[C@@H](C(=O)c1ccccc1)[C@@H]2C(=O)c1ccccc1. The fourth-order valence-electron chi connectivity index (χ4n) is 4.97. The molecule has 0 aromatic heterocycles. The van der Waals surface area contributed by atoms with E-state index in [1.165, 1.54) is 0 Å². The zero-order valence-electron chi connectivity index (χ0n) is 14.9. The summed E-state index contributed by atoms with van der Waals surface area (Å²) in [6.07, 6.45) is 1.93. The third-order valence-electron chi connectivity index (χ3n) is 6.26. The predicted molar refractivity (Wildman–Crippen MR) is 99.0 cm³/mol. The summed E-state index contributed by atoms with van der Waals surface area (Å²) in [7, 11) is 0. The molecule has 2 aromatic rings. The van der Waals surface area contributed by atoms with E-state index in [1.54, 1.807) is 24.3 Å². The van der Waals surface area contributed by atoms with E-state index in [1.807, 2.05) is 43.3 Å². The van der Waals surface area contributed by atoms with Gasteiger partial charge in [-0.1, -0.05) is 67.6 Å². The van der Waals surface area contributed by atoms with Gasteiger partial charge in [-0.2, -0.15) is 0 Å². The van der Waals surface area contributed by atoms with E-state index < -0.39 is 17.3 Å². The minimum atomic E-state index is -0.551. The second-order valence-electron chi connectivity index (χ2n) is 7.91. The Kier molecular flexibility index (Phi) is 4.10. The third kappa shape index (κ3) is 2.63. The van der Waals surface area contributed by atoms with Crippen LogP contribution in [-0.2, 0) is 4.79 Å². The van der Waals surface area contributed by atoms with Crippen LogP contribution in [0.4, 0.5) is 0 Å². The first-order valence-electron chi connectivity index (χ1n) is 9.22. The lowest BCUT2D eigenvalue weighted by atomic mass is 9.48. The molecule has 0 spiro atoms. The van der Waals surface area contributed by atoms with E-state index in [2.05, 4.69) is 0 Å². The van der Waals surface area contributed by atoms with Crippen molar-refractivity contribution in [3.05, 3.63) is 71.8 Å². The Hall–Kier alpha value is -2.55. The van der Waals surface area contributed by atoms with Gasteiger partial charge in [-0.3, -0.25) is 14.4 Å². The summed E-state index contributed by atoms with van der Waals surface area (Å²) in [6, 6.07) is 18.2. The van der Waals surface area contributed by atoms with Crippen molar-refractivity contribution < 1.29 is 14.4 Å². The number of Topliss-reactive ketones (excluding diaryl/α,β-unsaturated/α-hetero) is 3. The largest absolute Gasteiger partial charge is 0.299 e. The van der Waals surface area contributed by atoms with Crippen LogP contribution in [0.3, 0.4) is 0 Å². The summed E-state index contributed by atoms with van der Waals surface area (Å²) in [4.78, 5) is 39.4. The smallest absolute Gasteiger partial charge is 0.167 e. The zero-order valence-corrected chi connectivity index (χ0v) is 14.9. The molecule has 3 aliphatic rings. The Morgan fingerprint density at radius 2 is 1.42 bits per heavy atom. The second kappa shape index (κ2) is 6.31. The average Bonchev–Trinajstić information content (AvgIpc) is 2.67. The van der Waals surface area contributed by atoms with Crippen LogP contribution in [0.1, 0.15) is 46.9 Å². The van der Waals surface area contributed by atoms with Gasteiger partial charge in [0.05, 0.1) is 0 Å². The van der Waals surface area contributed by atoms with Crippen LogP contribution in [0.15, 0.2) is 60.7 Å². The van der Waals surface area contributed by atoms with E-state index in [-0.39, 0.29) is 23.3 Å². The molecule has 3 heteroatoms. The molecule has 0 radical (unpaired) electrons. The number of hydrogen-bond acceptors (Lipinski definition) is 3. The molecule has 26 heavy (non-hydrogen) atoms. The topological polar surface area (TPSA) is 51.2 Å². The molecule has 3 saturated carbocycles. The molecule has 5 rings (SSSR count).